The molecule has 0 heterocycles. The van der Waals surface area contributed by atoms with Crippen LogP contribution >= 0.6 is 0 Å². The third kappa shape index (κ3) is 1.93. The summed E-state index contributed by atoms with van der Waals surface area (Å²) < 4.78 is 4.67. The van der Waals surface area contributed by atoms with Crippen molar-refractivity contribution in [1.82, 2.24) is 0 Å². The molecule has 1 saturated carbocycles. The SMILES string of the molecule is CCOC(=O)/C(=N/O)C1CC1. The van der Waals surface area contributed by atoms with Crippen LogP contribution in [0.3, 0.4) is 0 Å². The Kier molecular flexibility index (Phi) is 2.46. The van der Waals surface area contributed by atoms with Gasteiger partial charge in [0, 0.05) is 5.92 Å². The number of oxime groups is 1. The molecule has 0 aromatic heterocycles. The van der Waals surface area contributed by atoms with Crippen LogP contribution in [0.1, 0.15) is 19.8 Å². The van der Waals surface area contributed by atoms with Crippen molar-refractivity contribution in [3.8, 4) is 0 Å². The number of carbonyl (C=O) groups excluding carboxylic acids is 1. The summed E-state index contributed by atoms with van der Waals surface area (Å²) in [4.78, 5) is 10.9. The van der Waals surface area contributed by atoms with E-state index in [2.05, 4.69) is 9.89 Å². The predicted molar refractivity (Wildman–Crippen MR) is 38.6 cm³/mol. The Morgan fingerprint density at radius 2 is 2.36 bits per heavy atom. The maximum absolute atomic E-state index is 10.9. The van der Waals surface area contributed by atoms with E-state index < -0.39 is 5.97 Å². The molecule has 1 aliphatic rings. The van der Waals surface area contributed by atoms with E-state index in [0.29, 0.717) is 6.61 Å². The maximum atomic E-state index is 10.9. The first-order chi connectivity index (χ1) is 5.29. The third-order valence-corrected chi connectivity index (χ3v) is 1.56. The highest BCUT2D eigenvalue weighted by atomic mass is 16.5. The summed E-state index contributed by atoms with van der Waals surface area (Å²) in [6, 6.07) is 0. The van der Waals surface area contributed by atoms with Gasteiger partial charge in [-0.1, -0.05) is 5.16 Å². The molecule has 11 heavy (non-hydrogen) atoms. The zero-order valence-electron chi connectivity index (χ0n) is 6.41. The van der Waals surface area contributed by atoms with Crippen LogP contribution in [0.25, 0.3) is 0 Å². The molecule has 0 atom stereocenters. The quantitative estimate of drug-likeness (QED) is 0.285. The molecule has 4 nitrogen and oxygen atoms in total. The highest BCUT2D eigenvalue weighted by Crippen LogP contribution is 2.30. The summed E-state index contributed by atoms with van der Waals surface area (Å²) in [5.74, 6) is -0.350. The van der Waals surface area contributed by atoms with Gasteiger partial charge in [-0.25, -0.2) is 4.79 Å². The summed E-state index contributed by atoms with van der Waals surface area (Å²) in [7, 11) is 0. The summed E-state index contributed by atoms with van der Waals surface area (Å²) in [6.45, 7) is 2.05. The first-order valence-electron chi connectivity index (χ1n) is 3.68. The third-order valence-electron chi connectivity index (χ3n) is 1.56. The molecule has 0 unspecified atom stereocenters. The maximum Gasteiger partial charge on any atom is 0.356 e. The molecule has 0 aromatic rings. The molecular formula is C7H11NO3. The number of esters is 1. The Labute approximate surface area is 64.8 Å². The van der Waals surface area contributed by atoms with Gasteiger partial charge < -0.3 is 9.94 Å². The fourth-order valence-corrected chi connectivity index (χ4v) is 0.851. The van der Waals surface area contributed by atoms with E-state index in [1.165, 1.54) is 0 Å². The Bertz CT molecular complexity index is 184. The summed E-state index contributed by atoms with van der Waals surface area (Å²) in [6.07, 6.45) is 1.86. The van der Waals surface area contributed by atoms with Crippen molar-refractivity contribution in [2.24, 2.45) is 11.1 Å². The van der Waals surface area contributed by atoms with Gasteiger partial charge in [-0.05, 0) is 19.8 Å². The lowest BCUT2D eigenvalue weighted by atomic mass is 10.2. The highest BCUT2D eigenvalue weighted by Gasteiger charge is 2.33. The molecule has 0 bridgehead atoms. The molecule has 0 aliphatic heterocycles. The number of nitrogens with zero attached hydrogens (tertiary/aromatic N) is 1. The van der Waals surface area contributed by atoms with E-state index in [1.807, 2.05) is 0 Å². The summed E-state index contributed by atoms with van der Waals surface area (Å²) >= 11 is 0. The van der Waals surface area contributed by atoms with Crippen molar-refractivity contribution in [2.45, 2.75) is 19.8 Å². The van der Waals surface area contributed by atoms with E-state index in [1.54, 1.807) is 6.92 Å². The minimum Gasteiger partial charge on any atom is -0.461 e. The average molecular weight is 157 g/mol. The largest absolute Gasteiger partial charge is 0.461 e. The first kappa shape index (κ1) is 8.04. The lowest BCUT2D eigenvalue weighted by Crippen LogP contribution is -2.19. The molecule has 1 rings (SSSR count). The Balaban J connectivity index is 2.47. The topological polar surface area (TPSA) is 58.9 Å². The molecule has 0 saturated heterocycles. The minimum absolute atomic E-state index is 0.138. The highest BCUT2D eigenvalue weighted by molar-refractivity contribution is 6.37. The van der Waals surface area contributed by atoms with Gasteiger partial charge >= 0.3 is 5.97 Å². The van der Waals surface area contributed by atoms with Crippen LogP contribution in [0, 0.1) is 5.92 Å². The van der Waals surface area contributed by atoms with E-state index in [9.17, 15) is 4.79 Å². The van der Waals surface area contributed by atoms with E-state index in [-0.39, 0.29) is 11.6 Å². The second-order valence-corrected chi connectivity index (χ2v) is 2.48. The van der Waals surface area contributed by atoms with Crippen molar-refractivity contribution in [3.05, 3.63) is 0 Å². The van der Waals surface area contributed by atoms with Crippen LogP contribution in [0.5, 0.6) is 0 Å². The molecule has 1 fully saturated rings. The van der Waals surface area contributed by atoms with Gasteiger partial charge in [-0.15, -0.1) is 0 Å². The van der Waals surface area contributed by atoms with Crippen molar-refractivity contribution < 1.29 is 14.7 Å². The van der Waals surface area contributed by atoms with Crippen LogP contribution in [0.15, 0.2) is 5.16 Å². The smallest absolute Gasteiger partial charge is 0.356 e. The van der Waals surface area contributed by atoms with Gasteiger partial charge in [-0.2, -0.15) is 0 Å². The van der Waals surface area contributed by atoms with Crippen molar-refractivity contribution >= 4 is 11.7 Å². The number of carbonyl (C=O) groups is 1. The van der Waals surface area contributed by atoms with Crippen molar-refractivity contribution in [1.29, 1.82) is 0 Å². The number of rotatable bonds is 3. The molecule has 4 heteroatoms. The van der Waals surface area contributed by atoms with E-state index in [4.69, 9.17) is 5.21 Å². The Morgan fingerprint density at radius 3 is 2.73 bits per heavy atom. The molecule has 0 spiro atoms. The summed E-state index contributed by atoms with van der Waals surface area (Å²) in [5.41, 5.74) is 0.173. The van der Waals surface area contributed by atoms with Crippen LogP contribution in [-0.2, 0) is 9.53 Å². The minimum atomic E-state index is -0.488. The molecule has 0 radical (unpaired) electrons. The zero-order valence-corrected chi connectivity index (χ0v) is 6.41. The predicted octanol–water partition coefficient (Wildman–Crippen LogP) is 0.790. The van der Waals surface area contributed by atoms with Gasteiger partial charge in [0.2, 0.25) is 0 Å². The zero-order chi connectivity index (χ0) is 8.27. The first-order valence-corrected chi connectivity index (χ1v) is 3.68. The monoisotopic (exact) mass is 157 g/mol. The lowest BCUT2D eigenvalue weighted by molar-refractivity contribution is -0.135. The summed E-state index contributed by atoms with van der Waals surface area (Å²) in [5, 5.41) is 11.3. The van der Waals surface area contributed by atoms with E-state index in [0.717, 1.165) is 12.8 Å². The Hall–Kier alpha value is -1.06. The standard InChI is InChI=1S/C7H11NO3/c1-2-11-7(9)6(8-10)5-3-4-5/h5,10H,2-4H2,1H3/b8-6+. The molecule has 1 N–H and O–H groups in total. The number of ether oxygens (including phenoxy) is 1. The fraction of sp³-hybridized carbons (Fsp3) is 0.714. The molecule has 62 valence electrons. The van der Waals surface area contributed by atoms with Crippen molar-refractivity contribution in [2.75, 3.05) is 6.61 Å². The van der Waals surface area contributed by atoms with Gasteiger partial charge in [0.15, 0.2) is 5.71 Å². The molecule has 0 aromatic carbocycles. The second-order valence-electron chi connectivity index (χ2n) is 2.48. The normalized spacial score (nSPS) is 18.1. The lowest BCUT2D eigenvalue weighted by Gasteiger charge is -2.00. The van der Waals surface area contributed by atoms with Crippen LogP contribution < -0.4 is 0 Å². The molecule has 0 amide bonds. The molecular weight excluding hydrogens is 146 g/mol. The van der Waals surface area contributed by atoms with Crippen LogP contribution in [0.4, 0.5) is 0 Å². The van der Waals surface area contributed by atoms with Gasteiger partial charge in [0.25, 0.3) is 0 Å². The Morgan fingerprint density at radius 1 is 1.73 bits per heavy atom. The van der Waals surface area contributed by atoms with Gasteiger partial charge in [-0.3, -0.25) is 0 Å². The second kappa shape index (κ2) is 3.37. The number of hydrogen-bond acceptors (Lipinski definition) is 4. The van der Waals surface area contributed by atoms with Gasteiger partial charge in [0.1, 0.15) is 0 Å². The van der Waals surface area contributed by atoms with Crippen LogP contribution in [-0.4, -0.2) is 23.5 Å². The van der Waals surface area contributed by atoms with Crippen molar-refractivity contribution in [3.63, 3.8) is 0 Å². The average Bonchev–Trinajstić information content (AvgIpc) is 2.73. The fourth-order valence-electron chi connectivity index (χ4n) is 0.851. The van der Waals surface area contributed by atoms with Crippen LogP contribution in [0.2, 0.25) is 0 Å². The molecule has 1 aliphatic carbocycles. The number of hydrogen-bond donors (Lipinski definition) is 1. The van der Waals surface area contributed by atoms with E-state index >= 15 is 0 Å². The van der Waals surface area contributed by atoms with Gasteiger partial charge in [0.05, 0.1) is 6.61 Å².